The van der Waals surface area contributed by atoms with Gasteiger partial charge in [0, 0.05) is 11.1 Å². The fourth-order valence-electron chi connectivity index (χ4n) is 3.43. The van der Waals surface area contributed by atoms with Crippen molar-refractivity contribution in [1.29, 1.82) is 0 Å². The summed E-state index contributed by atoms with van der Waals surface area (Å²) < 4.78 is 107. The van der Waals surface area contributed by atoms with Crippen molar-refractivity contribution in [3.8, 4) is 23.0 Å². The van der Waals surface area contributed by atoms with E-state index >= 15 is 0 Å². The van der Waals surface area contributed by atoms with Crippen molar-refractivity contribution in [2.45, 2.75) is 25.8 Å². The van der Waals surface area contributed by atoms with Gasteiger partial charge in [0.15, 0.2) is 12.6 Å². The van der Waals surface area contributed by atoms with Gasteiger partial charge in [0.05, 0.1) is 8.95 Å². The van der Waals surface area contributed by atoms with Crippen LogP contribution in [0.3, 0.4) is 0 Å². The van der Waals surface area contributed by atoms with Crippen LogP contribution in [0.25, 0.3) is 0 Å². The molecule has 0 heterocycles. The smallest absolute Gasteiger partial charge is 0.347 e. The lowest BCUT2D eigenvalue weighted by Crippen LogP contribution is -2.19. The van der Waals surface area contributed by atoms with Gasteiger partial charge in [-0.1, -0.05) is 12.1 Å². The fourth-order valence-corrected chi connectivity index (χ4v) is 4.08. The van der Waals surface area contributed by atoms with Crippen molar-refractivity contribution in [3.05, 3.63) is 117 Å². The third-order valence-corrected chi connectivity index (χ3v) is 6.55. The Hall–Kier alpha value is -3.10. The average Bonchev–Trinajstić information content (AvgIpc) is 2.92. The Morgan fingerprint density at radius 3 is 1.20 bits per heavy atom. The molecule has 0 aliphatic heterocycles. The largest absolute Gasteiger partial charge is 0.456 e. The first-order chi connectivity index (χ1) is 19.6. The molecule has 0 spiro atoms. The maximum absolute atomic E-state index is 13.4. The minimum absolute atomic E-state index is 0.0339. The second-order valence-electron chi connectivity index (χ2n) is 8.09. The van der Waals surface area contributed by atoms with Gasteiger partial charge in [-0.25, -0.2) is 8.78 Å². The lowest BCUT2D eigenvalue weighted by Gasteiger charge is -2.26. The second-order valence-corrected chi connectivity index (χ2v) is 9.79. The molecule has 0 bridgehead atoms. The zero-order valence-electron chi connectivity index (χ0n) is 20.5. The van der Waals surface area contributed by atoms with Crippen LogP contribution in [-0.4, -0.2) is 13.2 Å². The Bertz CT molecular complexity index is 1330. The second kappa shape index (κ2) is 14.2. The van der Waals surface area contributed by atoms with Gasteiger partial charge in [0.25, 0.3) is 0 Å². The average molecular weight is 708 g/mol. The predicted molar refractivity (Wildman–Crippen MR) is 142 cm³/mol. The van der Waals surface area contributed by atoms with Crippen LogP contribution in [0.5, 0.6) is 23.0 Å². The molecule has 216 valence electrons. The molecule has 0 fully saturated rings. The third-order valence-electron chi connectivity index (χ3n) is 5.24. The molecule has 4 aromatic carbocycles. The molecule has 0 amide bonds. The van der Waals surface area contributed by atoms with Gasteiger partial charge in [0.1, 0.15) is 34.6 Å². The summed E-state index contributed by atoms with van der Waals surface area (Å²) >= 11 is 6.55. The van der Waals surface area contributed by atoms with Gasteiger partial charge in [-0.2, -0.15) is 17.6 Å². The number of hydrogen-bond donors (Lipinski definition) is 0. The Kier molecular flexibility index (Phi) is 10.7. The molecule has 4 rings (SSSR count). The van der Waals surface area contributed by atoms with Gasteiger partial charge >= 0.3 is 13.2 Å². The maximum Gasteiger partial charge on any atom is 0.347 e. The normalized spacial score (nSPS) is 12.9. The van der Waals surface area contributed by atoms with E-state index in [1.54, 1.807) is 0 Å². The van der Waals surface area contributed by atoms with E-state index in [0.29, 0.717) is 8.95 Å². The van der Waals surface area contributed by atoms with Crippen molar-refractivity contribution in [2.24, 2.45) is 0 Å². The standard InChI is InChI=1S/C28H18Br2F6O5/c29-21-11-1-15(13-23(21)37-19-7-3-17(31)4-8-19)25(40-27(33)34)39-26(41-28(35)36)16-2-12-22(30)24(14-16)38-20-9-5-18(32)6-10-20/h1-14,25-28H. The lowest BCUT2D eigenvalue weighted by molar-refractivity contribution is -0.332. The van der Waals surface area contributed by atoms with Crippen LogP contribution in [0.2, 0.25) is 0 Å². The van der Waals surface area contributed by atoms with Gasteiger partial charge in [-0.3, -0.25) is 9.47 Å². The van der Waals surface area contributed by atoms with Crippen LogP contribution < -0.4 is 9.47 Å². The van der Waals surface area contributed by atoms with Gasteiger partial charge in [-0.15, -0.1) is 0 Å². The summed E-state index contributed by atoms with van der Waals surface area (Å²) in [4.78, 5) is 0. The van der Waals surface area contributed by atoms with Crippen LogP contribution in [0.4, 0.5) is 26.3 Å². The third kappa shape index (κ3) is 8.94. The Morgan fingerprint density at radius 1 is 0.488 bits per heavy atom. The number of rotatable bonds is 12. The quantitative estimate of drug-likeness (QED) is 0.108. The summed E-state index contributed by atoms with van der Waals surface area (Å²) in [6.07, 6.45) is -3.82. The van der Waals surface area contributed by atoms with Crippen molar-refractivity contribution in [1.82, 2.24) is 0 Å². The van der Waals surface area contributed by atoms with E-state index in [9.17, 15) is 26.3 Å². The van der Waals surface area contributed by atoms with E-state index in [0.717, 1.165) is 24.3 Å². The molecular weight excluding hydrogens is 690 g/mol. The van der Waals surface area contributed by atoms with E-state index in [1.165, 1.54) is 60.7 Å². The molecule has 0 N–H and O–H groups in total. The Labute approximate surface area is 246 Å². The summed E-state index contributed by atoms with van der Waals surface area (Å²) in [5.74, 6) is -0.282. The zero-order chi connectivity index (χ0) is 29.5. The number of hydrogen-bond acceptors (Lipinski definition) is 5. The van der Waals surface area contributed by atoms with Crippen molar-refractivity contribution >= 4 is 31.9 Å². The first kappa shape index (κ1) is 30.8. The summed E-state index contributed by atoms with van der Waals surface area (Å²) in [6, 6.07) is 18.2. The molecule has 0 saturated heterocycles. The zero-order valence-corrected chi connectivity index (χ0v) is 23.6. The molecule has 2 unspecified atom stereocenters. The van der Waals surface area contributed by atoms with E-state index in [2.05, 4.69) is 41.3 Å². The molecule has 5 nitrogen and oxygen atoms in total. The van der Waals surface area contributed by atoms with Crippen LogP contribution >= 0.6 is 31.9 Å². The van der Waals surface area contributed by atoms with Gasteiger partial charge in [-0.05, 0) is 105 Å². The van der Waals surface area contributed by atoms with Crippen molar-refractivity contribution < 1.29 is 50.0 Å². The molecule has 41 heavy (non-hydrogen) atoms. The summed E-state index contributed by atoms with van der Waals surface area (Å²) in [6.45, 7) is -6.72. The topological polar surface area (TPSA) is 46.2 Å². The van der Waals surface area contributed by atoms with Crippen molar-refractivity contribution in [2.75, 3.05) is 0 Å². The van der Waals surface area contributed by atoms with E-state index in [1.807, 2.05) is 0 Å². The molecule has 13 heteroatoms. The van der Waals surface area contributed by atoms with Crippen LogP contribution in [0.15, 0.2) is 93.9 Å². The highest BCUT2D eigenvalue weighted by molar-refractivity contribution is 9.10. The van der Waals surface area contributed by atoms with Crippen molar-refractivity contribution in [3.63, 3.8) is 0 Å². The van der Waals surface area contributed by atoms with Crippen LogP contribution in [-0.2, 0) is 14.2 Å². The number of halogens is 8. The van der Waals surface area contributed by atoms with E-state index in [-0.39, 0.29) is 34.1 Å². The molecule has 0 saturated carbocycles. The number of benzene rings is 4. The van der Waals surface area contributed by atoms with E-state index in [4.69, 9.17) is 14.2 Å². The fraction of sp³-hybridized carbons (Fsp3) is 0.143. The maximum atomic E-state index is 13.4. The monoisotopic (exact) mass is 706 g/mol. The molecule has 2 atom stereocenters. The van der Waals surface area contributed by atoms with E-state index < -0.39 is 37.4 Å². The lowest BCUT2D eigenvalue weighted by atomic mass is 10.2. The molecule has 0 aliphatic carbocycles. The highest BCUT2D eigenvalue weighted by Gasteiger charge is 2.28. The number of ether oxygens (including phenoxy) is 5. The first-order valence-electron chi connectivity index (χ1n) is 11.6. The molecule has 4 aromatic rings. The highest BCUT2D eigenvalue weighted by Crippen LogP contribution is 2.39. The minimum Gasteiger partial charge on any atom is -0.456 e. The summed E-state index contributed by atoms with van der Waals surface area (Å²) in [7, 11) is 0. The van der Waals surface area contributed by atoms with Crippen LogP contribution in [0, 0.1) is 11.6 Å². The molecule has 0 radical (unpaired) electrons. The number of alkyl halides is 4. The molecule has 0 aliphatic rings. The van der Waals surface area contributed by atoms with Crippen LogP contribution in [0.1, 0.15) is 23.7 Å². The predicted octanol–water partition coefficient (Wildman–Crippen LogP) is 10.3. The molecular formula is C28H18Br2F6O5. The Balaban J connectivity index is 1.64. The molecule has 0 aromatic heterocycles. The summed E-state index contributed by atoms with van der Waals surface area (Å²) in [5.41, 5.74) is -0.0678. The minimum atomic E-state index is -3.36. The van der Waals surface area contributed by atoms with Gasteiger partial charge in [0.2, 0.25) is 0 Å². The Morgan fingerprint density at radius 2 is 0.854 bits per heavy atom. The summed E-state index contributed by atoms with van der Waals surface area (Å²) in [5, 5.41) is 0. The first-order valence-corrected chi connectivity index (χ1v) is 13.1. The highest BCUT2D eigenvalue weighted by atomic mass is 79.9. The SMILES string of the molecule is Fc1ccc(Oc2cc(C(OC(F)F)OC(OC(F)F)c3ccc(Br)c(Oc4ccc(F)cc4)c3)ccc2Br)cc1. The van der Waals surface area contributed by atoms with Gasteiger partial charge < -0.3 is 14.2 Å².